The van der Waals surface area contributed by atoms with Crippen molar-refractivity contribution >= 4 is 26.8 Å². The van der Waals surface area contributed by atoms with Crippen molar-refractivity contribution in [3.63, 3.8) is 0 Å². The van der Waals surface area contributed by atoms with Gasteiger partial charge in [0.25, 0.3) is 0 Å². The maximum atomic E-state index is 5.95. The van der Waals surface area contributed by atoms with Gasteiger partial charge in [0.1, 0.15) is 5.75 Å². The van der Waals surface area contributed by atoms with Crippen LogP contribution in [-0.2, 0) is 5.33 Å². The lowest BCUT2D eigenvalue weighted by Gasteiger charge is -2.10. The molecule has 0 aliphatic carbocycles. The van der Waals surface area contributed by atoms with E-state index in [-0.39, 0.29) is 0 Å². The van der Waals surface area contributed by atoms with Crippen LogP contribution in [0.1, 0.15) is 11.1 Å². The molecule has 0 saturated carbocycles. The lowest BCUT2D eigenvalue weighted by Crippen LogP contribution is -1.94. The maximum Gasteiger partial charge on any atom is 0.223 e. The normalized spacial score (nSPS) is 10.7. The average Bonchev–Trinajstić information content (AvgIpc) is 2.46. The van der Waals surface area contributed by atoms with Gasteiger partial charge in [-0.3, -0.25) is 0 Å². The summed E-state index contributed by atoms with van der Waals surface area (Å²) in [5.41, 5.74) is 3.16. The molecule has 100 valence electrons. The summed E-state index contributed by atoms with van der Waals surface area (Å²) in [6.07, 6.45) is 0. The first-order valence-electron chi connectivity index (χ1n) is 6.45. The number of fused-ring (bicyclic) bond motifs is 1. The molecule has 1 aromatic heterocycles. The van der Waals surface area contributed by atoms with E-state index < -0.39 is 0 Å². The summed E-state index contributed by atoms with van der Waals surface area (Å²) < 4.78 is 5.95. The van der Waals surface area contributed by atoms with E-state index in [4.69, 9.17) is 4.74 Å². The molecule has 2 nitrogen and oxygen atoms in total. The number of aryl methyl sites for hydroxylation is 1. The van der Waals surface area contributed by atoms with Gasteiger partial charge in [0.2, 0.25) is 5.88 Å². The standard InChI is InChI=1S/C17H14BrNO/c1-12-5-4-7-15(9-12)20-17-14(11-18)10-13-6-2-3-8-16(13)19-17/h2-10H,11H2,1H3. The molecule has 1 heterocycles. The van der Waals surface area contributed by atoms with E-state index in [1.165, 1.54) is 5.56 Å². The van der Waals surface area contributed by atoms with Crippen LogP contribution in [0.4, 0.5) is 0 Å². The van der Waals surface area contributed by atoms with E-state index in [2.05, 4.69) is 33.0 Å². The number of ether oxygens (including phenoxy) is 1. The van der Waals surface area contributed by atoms with E-state index in [1.807, 2.05) is 49.4 Å². The summed E-state index contributed by atoms with van der Waals surface area (Å²) in [5, 5.41) is 1.84. The number of hydrogen-bond donors (Lipinski definition) is 0. The zero-order chi connectivity index (χ0) is 13.9. The molecular weight excluding hydrogens is 314 g/mol. The number of pyridine rings is 1. The van der Waals surface area contributed by atoms with E-state index in [0.29, 0.717) is 11.2 Å². The van der Waals surface area contributed by atoms with E-state index in [1.54, 1.807) is 0 Å². The Labute approximate surface area is 126 Å². The van der Waals surface area contributed by atoms with Crippen molar-refractivity contribution in [2.45, 2.75) is 12.3 Å². The van der Waals surface area contributed by atoms with Gasteiger partial charge in [0.05, 0.1) is 5.52 Å². The third-order valence-corrected chi connectivity index (χ3v) is 3.72. The Bertz CT molecular complexity index is 755. The maximum absolute atomic E-state index is 5.95. The van der Waals surface area contributed by atoms with Gasteiger partial charge < -0.3 is 4.74 Å². The molecule has 3 rings (SSSR count). The minimum atomic E-state index is 0.658. The van der Waals surface area contributed by atoms with Crippen LogP contribution in [0.15, 0.2) is 54.6 Å². The van der Waals surface area contributed by atoms with Gasteiger partial charge >= 0.3 is 0 Å². The monoisotopic (exact) mass is 327 g/mol. The highest BCUT2D eigenvalue weighted by Gasteiger charge is 2.08. The van der Waals surface area contributed by atoms with Gasteiger partial charge in [-0.25, -0.2) is 4.98 Å². The molecule has 0 saturated heterocycles. The van der Waals surface area contributed by atoms with Gasteiger partial charge in [-0.05, 0) is 36.8 Å². The first kappa shape index (κ1) is 13.1. The summed E-state index contributed by atoms with van der Waals surface area (Å²) in [6.45, 7) is 2.05. The summed E-state index contributed by atoms with van der Waals surface area (Å²) in [5.74, 6) is 1.47. The molecule has 0 N–H and O–H groups in total. The summed E-state index contributed by atoms with van der Waals surface area (Å²) in [7, 11) is 0. The molecule has 0 spiro atoms. The number of rotatable bonds is 3. The molecule has 3 heteroatoms. The zero-order valence-electron chi connectivity index (χ0n) is 11.1. The van der Waals surface area contributed by atoms with E-state index >= 15 is 0 Å². The number of nitrogens with zero attached hydrogens (tertiary/aromatic N) is 1. The Hall–Kier alpha value is -1.87. The Morgan fingerprint density at radius 2 is 1.90 bits per heavy atom. The summed E-state index contributed by atoms with van der Waals surface area (Å²) in [6, 6.07) is 18.2. The second-order valence-corrected chi connectivity index (χ2v) is 5.26. The second-order valence-electron chi connectivity index (χ2n) is 4.70. The van der Waals surface area contributed by atoms with Crippen LogP contribution in [-0.4, -0.2) is 4.98 Å². The van der Waals surface area contributed by atoms with Crippen LogP contribution >= 0.6 is 15.9 Å². The highest BCUT2D eigenvalue weighted by atomic mass is 79.9. The minimum absolute atomic E-state index is 0.658. The molecule has 20 heavy (non-hydrogen) atoms. The molecule has 0 bridgehead atoms. The van der Waals surface area contributed by atoms with Crippen molar-refractivity contribution in [3.05, 3.63) is 65.7 Å². The van der Waals surface area contributed by atoms with Crippen LogP contribution in [0, 0.1) is 6.92 Å². The topological polar surface area (TPSA) is 22.1 Å². The molecule has 2 aromatic carbocycles. The van der Waals surface area contributed by atoms with Crippen LogP contribution in [0.2, 0.25) is 0 Å². The summed E-state index contributed by atoms with van der Waals surface area (Å²) in [4.78, 5) is 4.62. The Kier molecular flexibility index (Phi) is 3.70. The molecule has 3 aromatic rings. The Balaban J connectivity index is 2.05. The largest absolute Gasteiger partial charge is 0.439 e. The number of hydrogen-bond acceptors (Lipinski definition) is 2. The van der Waals surface area contributed by atoms with Gasteiger partial charge in [0, 0.05) is 16.3 Å². The van der Waals surface area contributed by atoms with Crippen LogP contribution in [0.25, 0.3) is 10.9 Å². The molecule has 0 amide bonds. The lowest BCUT2D eigenvalue weighted by atomic mass is 10.1. The number of para-hydroxylation sites is 1. The van der Waals surface area contributed by atoms with Crippen LogP contribution in [0.5, 0.6) is 11.6 Å². The Morgan fingerprint density at radius 1 is 1.05 bits per heavy atom. The van der Waals surface area contributed by atoms with Gasteiger partial charge in [0.15, 0.2) is 0 Å². The molecule has 0 unspecified atom stereocenters. The van der Waals surface area contributed by atoms with Crippen LogP contribution < -0.4 is 4.74 Å². The quantitative estimate of drug-likeness (QED) is 0.614. The van der Waals surface area contributed by atoms with Gasteiger partial charge in [-0.1, -0.05) is 46.3 Å². The predicted octanol–water partition coefficient (Wildman–Crippen LogP) is 5.23. The number of benzene rings is 2. The number of halogens is 1. The Morgan fingerprint density at radius 3 is 2.70 bits per heavy atom. The molecule has 0 atom stereocenters. The molecular formula is C17H14BrNO. The first-order valence-corrected chi connectivity index (χ1v) is 7.57. The smallest absolute Gasteiger partial charge is 0.223 e. The van der Waals surface area contributed by atoms with E-state index in [0.717, 1.165) is 22.2 Å². The fraction of sp³-hybridized carbons (Fsp3) is 0.118. The minimum Gasteiger partial charge on any atom is -0.439 e. The van der Waals surface area contributed by atoms with Gasteiger partial charge in [-0.15, -0.1) is 0 Å². The third-order valence-electron chi connectivity index (χ3n) is 3.11. The van der Waals surface area contributed by atoms with Crippen molar-refractivity contribution in [1.82, 2.24) is 4.98 Å². The summed E-state index contributed by atoms with van der Waals surface area (Å²) >= 11 is 3.50. The van der Waals surface area contributed by atoms with Crippen LogP contribution in [0.3, 0.4) is 0 Å². The fourth-order valence-electron chi connectivity index (χ4n) is 2.12. The number of aromatic nitrogens is 1. The van der Waals surface area contributed by atoms with Crippen molar-refractivity contribution in [2.75, 3.05) is 0 Å². The lowest BCUT2D eigenvalue weighted by molar-refractivity contribution is 0.460. The zero-order valence-corrected chi connectivity index (χ0v) is 12.7. The van der Waals surface area contributed by atoms with Gasteiger partial charge in [-0.2, -0.15) is 0 Å². The highest BCUT2D eigenvalue weighted by molar-refractivity contribution is 9.08. The van der Waals surface area contributed by atoms with Crippen molar-refractivity contribution < 1.29 is 4.74 Å². The fourth-order valence-corrected chi connectivity index (χ4v) is 2.52. The van der Waals surface area contributed by atoms with Crippen molar-refractivity contribution in [1.29, 1.82) is 0 Å². The molecule has 0 radical (unpaired) electrons. The number of alkyl halides is 1. The second kappa shape index (κ2) is 5.63. The van der Waals surface area contributed by atoms with Crippen molar-refractivity contribution in [3.8, 4) is 11.6 Å². The molecule has 0 aliphatic rings. The average molecular weight is 328 g/mol. The highest BCUT2D eigenvalue weighted by Crippen LogP contribution is 2.28. The first-order chi connectivity index (χ1) is 9.76. The molecule has 0 fully saturated rings. The molecule has 0 aliphatic heterocycles. The SMILES string of the molecule is Cc1cccc(Oc2nc3ccccc3cc2CBr)c1. The van der Waals surface area contributed by atoms with Crippen molar-refractivity contribution in [2.24, 2.45) is 0 Å². The third kappa shape index (κ3) is 2.68. The predicted molar refractivity (Wildman–Crippen MR) is 85.6 cm³/mol. The van der Waals surface area contributed by atoms with E-state index in [9.17, 15) is 0 Å².